The number of benzene rings is 4. The summed E-state index contributed by atoms with van der Waals surface area (Å²) in [7, 11) is 0. The third-order valence-corrected chi connectivity index (χ3v) is 6.22. The first-order chi connectivity index (χ1) is 15.9. The van der Waals surface area contributed by atoms with Crippen molar-refractivity contribution in [3.8, 4) is 16.8 Å². The molecule has 0 unspecified atom stereocenters. The Hall–Kier alpha value is -4.10. The average molecular weight is 410 g/mol. The first-order valence-electron chi connectivity index (χ1n) is 11.1. The van der Waals surface area contributed by atoms with Crippen molar-refractivity contribution in [3.63, 3.8) is 0 Å². The van der Waals surface area contributed by atoms with E-state index in [0.29, 0.717) is 0 Å². The maximum absolute atomic E-state index is 2.38. The van der Waals surface area contributed by atoms with Crippen molar-refractivity contribution >= 4 is 27.4 Å². The van der Waals surface area contributed by atoms with E-state index in [0.717, 1.165) is 6.42 Å². The molecule has 0 spiro atoms. The van der Waals surface area contributed by atoms with E-state index in [9.17, 15) is 0 Å². The molecule has 1 aliphatic rings. The number of para-hydroxylation sites is 1. The molecule has 0 N–H and O–H groups in total. The van der Waals surface area contributed by atoms with Gasteiger partial charge in [0.15, 0.2) is 0 Å². The minimum atomic E-state index is 0.963. The Morgan fingerprint density at radius 2 is 1.22 bits per heavy atom. The molecule has 1 heteroatoms. The van der Waals surface area contributed by atoms with Crippen LogP contribution in [0.15, 0.2) is 127 Å². The van der Waals surface area contributed by atoms with Crippen molar-refractivity contribution in [2.75, 3.05) is 0 Å². The van der Waals surface area contributed by atoms with Gasteiger partial charge in [0, 0.05) is 16.5 Å². The van der Waals surface area contributed by atoms with Crippen LogP contribution in [-0.2, 0) is 0 Å². The van der Waals surface area contributed by atoms with Gasteiger partial charge in [-0.3, -0.25) is 0 Å². The first-order valence-corrected chi connectivity index (χ1v) is 11.1. The Kier molecular flexibility index (Phi) is 4.58. The number of hydrogen-bond acceptors (Lipinski definition) is 0. The molecule has 152 valence electrons. The molecule has 1 aromatic heterocycles. The molecule has 5 aromatic rings. The molecule has 0 fully saturated rings. The summed E-state index contributed by atoms with van der Waals surface area (Å²) in [5, 5.41) is 2.56. The highest BCUT2D eigenvalue weighted by Crippen LogP contribution is 2.36. The Balaban J connectivity index is 1.64. The van der Waals surface area contributed by atoms with Crippen LogP contribution in [0.4, 0.5) is 0 Å². The molecule has 6 rings (SSSR count). The second-order valence-electron chi connectivity index (χ2n) is 8.18. The molecular weight excluding hydrogens is 386 g/mol. The Morgan fingerprint density at radius 1 is 0.562 bits per heavy atom. The van der Waals surface area contributed by atoms with E-state index in [1.807, 2.05) is 0 Å². The molecular formula is C31H23N. The van der Waals surface area contributed by atoms with Gasteiger partial charge in [-0.05, 0) is 65.1 Å². The van der Waals surface area contributed by atoms with Crippen LogP contribution in [0.5, 0.6) is 0 Å². The summed E-state index contributed by atoms with van der Waals surface area (Å²) in [4.78, 5) is 0. The second-order valence-corrected chi connectivity index (χ2v) is 8.18. The van der Waals surface area contributed by atoms with Crippen molar-refractivity contribution in [1.82, 2.24) is 4.57 Å². The van der Waals surface area contributed by atoms with Crippen LogP contribution in [-0.4, -0.2) is 4.57 Å². The van der Waals surface area contributed by atoms with E-state index in [1.54, 1.807) is 0 Å². The molecule has 0 saturated heterocycles. The van der Waals surface area contributed by atoms with Gasteiger partial charge in [-0.1, -0.05) is 91.0 Å². The lowest BCUT2D eigenvalue weighted by Crippen LogP contribution is -1.93. The summed E-state index contributed by atoms with van der Waals surface area (Å²) in [5.41, 5.74) is 8.67. The molecule has 0 amide bonds. The fourth-order valence-electron chi connectivity index (χ4n) is 4.66. The molecule has 0 aliphatic heterocycles. The highest BCUT2D eigenvalue weighted by atomic mass is 15.0. The Morgan fingerprint density at radius 3 is 1.97 bits per heavy atom. The summed E-state index contributed by atoms with van der Waals surface area (Å²) in [6, 6.07) is 35.0. The van der Waals surface area contributed by atoms with E-state index >= 15 is 0 Å². The van der Waals surface area contributed by atoms with Crippen LogP contribution < -0.4 is 0 Å². The summed E-state index contributed by atoms with van der Waals surface area (Å²) in [5.74, 6) is 0. The predicted octanol–water partition coefficient (Wildman–Crippen LogP) is 8.35. The average Bonchev–Trinajstić information content (AvgIpc) is 2.99. The highest BCUT2D eigenvalue weighted by Gasteiger charge is 2.14. The monoisotopic (exact) mass is 409 g/mol. The molecule has 1 aliphatic carbocycles. The van der Waals surface area contributed by atoms with Crippen molar-refractivity contribution in [2.24, 2.45) is 0 Å². The van der Waals surface area contributed by atoms with Gasteiger partial charge < -0.3 is 4.57 Å². The number of allylic oxidation sites excluding steroid dienone is 6. The van der Waals surface area contributed by atoms with Crippen molar-refractivity contribution in [2.45, 2.75) is 6.42 Å². The minimum Gasteiger partial charge on any atom is -0.309 e. The van der Waals surface area contributed by atoms with Crippen LogP contribution in [0.25, 0.3) is 44.2 Å². The second kappa shape index (κ2) is 7.86. The fraction of sp³-hybridized carbons (Fsp3) is 0.0323. The highest BCUT2D eigenvalue weighted by molar-refractivity contribution is 6.11. The van der Waals surface area contributed by atoms with Crippen LogP contribution in [0.1, 0.15) is 12.0 Å². The van der Waals surface area contributed by atoms with Crippen molar-refractivity contribution in [1.29, 1.82) is 0 Å². The Bertz CT molecular complexity index is 1510. The SMILES string of the molecule is C1=CCC=C(c2ccc3c(c2)c2cc(-c4ccccc4)ccc2n3-c2ccccc2)C=C1. The van der Waals surface area contributed by atoms with Gasteiger partial charge in [0.25, 0.3) is 0 Å². The Labute approximate surface area is 188 Å². The molecule has 4 aromatic carbocycles. The maximum atomic E-state index is 2.38. The molecule has 32 heavy (non-hydrogen) atoms. The first kappa shape index (κ1) is 18.7. The molecule has 0 radical (unpaired) electrons. The number of rotatable bonds is 3. The van der Waals surface area contributed by atoms with E-state index in [2.05, 4.69) is 132 Å². The lowest BCUT2D eigenvalue weighted by Gasteiger charge is -2.08. The topological polar surface area (TPSA) is 4.93 Å². The van der Waals surface area contributed by atoms with E-state index < -0.39 is 0 Å². The fourth-order valence-corrected chi connectivity index (χ4v) is 4.66. The van der Waals surface area contributed by atoms with Gasteiger partial charge in [0.2, 0.25) is 0 Å². The lowest BCUT2D eigenvalue weighted by atomic mass is 10.00. The van der Waals surface area contributed by atoms with Gasteiger partial charge in [-0.15, -0.1) is 0 Å². The molecule has 0 atom stereocenters. The largest absolute Gasteiger partial charge is 0.309 e. The van der Waals surface area contributed by atoms with Crippen LogP contribution in [0.2, 0.25) is 0 Å². The normalized spacial score (nSPS) is 13.4. The van der Waals surface area contributed by atoms with E-state index in [1.165, 1.54) is 49.8 Å². The van der Waals surface area contributed by atoms with Crippen molar-refractivity contribution in [3.05, 3.63) is 133 Å². The van der Waals surface area contributed by atoms with E-state index in [-0.39, 0.29) is 0 Å². The summed E-state index contributed by atoms with van der Waals surface area (Å²) >= 11 is 0. The zero-order valence-electron chi connectivity index (χ0n) is 17.8. The van der Waals surface area contributed by atoms with Gasteiger partial charge in [-0.2, -0.15) is 0 Å². The lowest BCUT2D eigenvalue weighted by molar-refractivity contribution is 1.18. The van der Waals surface area contributed by atoms with Crippen LogP contribution in [0, 0.1) is 0 Å². The van der Waals surface area contributed by atoms with Crippen molar-refractivity contribution < 1.29 is 0 Å². The number of hydrogen-bond donors (Lipinski definition) is 0. The summed E-state index contributed by atoms with van der Waals surface area (Å²) in [6.45, 7) is 0. The molecule has 1 nitrogen and oxygen atoms in total. The van der Waals surface area contributed by atoms with Crippen LogP contribution >= 0.6 is 0 Å². The number of nitrogens with zero attached hydrogens (tertiary/aromatic N) is 1. The van der Waals surface area contributed by atoms with Gasteiger partial charge in [0.05, 0.1) is 11.0 Å². The number of fused-ring (bicyclic) bond motifs is 3. The zero-order chi connectivity index (χ0) is 21.3. The predicted molar refractivity (Wildman–Crippen MR) is 137 cm³/mol. The van der Waals surface area contributed by atoms with Gasteiger partial charge in [-0.25, -0.2) is 0 Å². The standard InChI is InChI=1S/C31H23N/c1-2-6-12-23(11-5-1)25-17-19-30-28(21-25)29-22-26(24-13-7-3-8-14-24)18-20-31(29)32(30)27-15-9-4-10-16-27/h1-5,7-22H,6H2. The third kappa shape index (κ3) is 3.19. The van der Waals surface area contributed by atoms with Gasteiger partial charge in [0.1, 0.15) is 0 Å². The minimum absolute atomic E-state index is 0.963. The molecule has 0 bridgehead atoms. The van der Waals surface area contributed by atoms with Crippen LogP contribution in [0.3, 0.4) is 0 Å². The molecule has 0 saturated carbocycles. The van der Waals surface area contributed by atoms with Gasteiger partial charge >= 0.3 is 0 Å². The number of aromatic nitrogens is 1. The summed E-state index contributed by atoms with van der Waals surface area (Å²) in [6.07, 6.45) is 11.9. The third-order valence-electron chi connectivity index (χ3n) is 6.22. The quantitative estimate of drug-likeness (QED) is 0.282. The molecule has 1 heterocycles. The zero-order valence-corrected chi connectivity index (χ0v) is 17.8. The smallest absolute Gasteiger partial charge is 0.0541 e. The maximum Gasteiger partial charge on any atom is 0.0541 e. The summed E-state index contributed by atoms with van der Waals surface area (Å²) < 4.78 is 2.38. The van der Waals surface area contributed by atoms with E-state index in [4.69, 9.17) is 0 Å².